The maximum atomic E-state index is 13.4. The van der Waals surface area contributed by atoms with Crippen LogP contribution in [0, 0.1) is 13.8 Å². The lowest BCUT2D eigenvalue weighted by Gasteiger charge is -2.19. The van der Waals surface area contributed by atoms with E-state index in [2.05, 4.69) is 15.2 Å². The van der Waals surface area contributed by atoms with E-state index >= 15 is 0 Å². The molecule has 0 aliphatic heterocycles. The molecule has 0 unspecified atom stereocenters. The summed E-state index contributed by atoms with van der Waals surface area (Å²) in [5, 5.41) is 17.9. The zero-order valence-corrected chi connectivity index (χ0v) is 20.7. The number of aliphatic hydroxyl groups excluding tert-OH is 1. The molecular formula is C23H26N4O7S. The second-order valence-corrected chi connectivity index (χ2v) is 10.3. The molecule has 35 heavy (non-hydrogen) atoms. The molecule has 0 saturated heterocycles. The molecule has 0 amide bonds. The van der Waals surface area contributed by atoms with Gasteiger partial charge in [-0.2, -0.15) is 0 Å². The fourth-order valence-corrected chi connectivity index (χ4v) is 5.02. The molecule has 0 fully saturated rings. The number of aryl methyl sites for hydroxylation is 2. The average Bonchev–Trinajstić information content (AvgIpc) is 3.57. The van der Waals surface area contributed by atoms with Crippen LogP contribution in [0.3, 0.4) is 0 Å². The lowest BCUT2D eigenvalue weighted by Crippen LogP contribution is -2.28. The highest BCUT2D eigenvalue weighted by Crippen LogP contribution is 2.37. The normalized spacial score (nSPS) is 13.5. The molecule has 11 nitrogen and oxygen atoms in total. The molecule has 2 atom stereocenters. The van der Waals surface area contributed by atoms with Crippen LogP contribution in [0.2, 0.25) is 0 Å². The monoisotopic (exact) mass is 502 g/mol. The molecule has 4 rings (SSSR count). The summed E-state index contributed by atoms with van der Waals surface area (Å²) in [4.78, 5) is 4.05. The third kappa shape index (κ3) is 4.66. The Hall–Kier alpha value is -3.64. The maximum Gasteiger partial charge on any atom is 0.204 e. The van der Waals surface area contributed by atoms with Gasteiger partial charge in [-0.15, -0.1) is 10.2 Å². The van der Waals surface area contributed by atoms with Gasteiger partial charge in [0.1, 0.15) is 46.8 Å². The van der Waals surface area contributed by atoms with Crippen molar-refractivity contribution >= 4 is 9.84 Å². The highest BCUT2D eigenvalue weighted by molar-refractivity contribution is 7.91. The number of sulfone groups is 1. The standard InChI is InChI=1S/C23H26N4O7S/c1-13-9-10-19(34-13)23-26-25-20(27(23)21-17(31-4)7-6-8-18(21)32-5)12-35(29,30)14(2)22(28)16-11-33-15(3)24-16/h6-11,14,22,28H,12H2,1-5H3/t14-,22+/m1/s1. The van der Waals surface area contributed by atoms with Gasteiger partial charge >= 0.3 is 0 Å². The Bertz CT molecular complexity index is 1420. The number of benzene rings is 1. The molecular weight excluding hydrogens is 476 g/mol. The van der Waals surface area contributed by atoms with E-state index in [0.717, 1.165) is 0 Å². The fraction of sp³-hybridized carbons (Fsp3) is 0.348. The molecule has 0 spiro atoms. The van der Waals surface area contributed by atoms with Crippen LogP contribution < -0.4 is 9.47 Å². The van der Waals surface area contributed by atoms with Crippen molar-refractivity contribution in [1.29, 1.82) is 0 Å². The van der Waals surface area contributed by atoms with E-state index in [-0.39, 0.29) is 17.3 Å². The van der Waals surface area contributed by atoms with Crippen LogP contribution in [0.1, 0.15) is 36.2 Å². The minimum atomic E-state index is -3.95. The van der Waals surface area contributed by atoms with Gasteiger partial charge in [0.25, 0.3) is 0 Å². The van der Waals surface area contributed by atoms with E-state index in [1.807, 2.05) is 0 Å². The van der Waals surface area contributed by atoms with Crippen LogP contribution >= 0.6 is 0 Å². The van der Waals surface area contributed by atoms with Crippen molar-refractivity contribution in [3.05, 3.63) is 59.8 Å². The van der Waals surface area contributed by atoms with Crippen molar-refractivity contribution in [2.75, 3.05) is 14.2 Å². The molecule has 1 N–H and O–H groups in total. The van der Waals surface area contributed by atoms with E-state index in [1.54, 1.807) is 44.2 Å². The third-order valence-electron chi connectivity index (χ3n) is 5.60. The Morgan fingerprint density at radius 3 is 2.31 bits per heavy atom. The summed E-state index contributed by atoms with van der Waals surface area (Å²) in [5.41, 5.74) is 0.551. The quantitative estimate of drug-likeness (QED) is 0.362. The van der Waals surface area contributed by atoms with Gasteiger partial charge in [-0.1, -0.05) is 6.07 Å². The second-order valence-electron chi connectivity index (χ2n) is 7.95. The Morgan fingerprint density at radius 1 is 1.09 bits per heavy atom. The predicted octanol–water partition coefficient (Wildman–Crippen LogP) is 3.19. The molecule has 0 radical (unpaired) electrons. The topological polar surface area (TPSA) is 143 Å². The molecule has 0 bridgehead atoms. The van der Waals surface area contributed by atoms with Gasteiger partial charge in [-0.25, -0.2) is 13.4 Å². The molecule has 3 heterocycles. The van der Waals surface area contributed by atoms with Gasteiger partial charge in [0, 0.05) is 6.92 Å². The van der Waals surface area contributed by atoms with E-state index in [1.165, 1.54) is 32.0 Å². The first-order valence-electron chi connectivity index (χ1n) is 10.7. The van der Waals surface area contributed by atoms with Gasteiger partial charge in [0.2, 0.25) is 5.82 Å². The Morgan fingerprint density at radius 2 is 1.77 bits per heavy atom. The number of nitrogens with zero attached hydrogens (tertiary/aromatic N) is 4. The minimum absolute atomic E-state index is 0.0900. The fourth-order valence-electron chi connectivity index (χ4n) is 3.68. The first-order chi connectivity index (χ1) is 16.7. The minimum Gasteiger partial charge on any atom is -0.494 e. The zero-order valence-electron chi connectivity index (χ0n) is 19.9. The average molecular weight is 503 g/mol. The summed E-state index contributed by atoms with van der Waals surface area (Å²) >= 11 is 0. The molecule has 1 aromatic carbocycles. The number of oxazole rings is 1. The number of furan rings is 1. The van der Waals surface area contributed by atoms with Gasteiger partial charge in [-0.05, 0) is 38.1 Å². The van der Waals surface area contributed by atoms with Crippen LogP contribution in [-0.2, 0) is 15.6 Å². The van der Waals surface area contributed by atoms with Crippen LogP contribution in [0.15, 0.2) is 45.4 Å². The first-order valence-corrected chi connectivity index (χ1v) is 12.4. The lowest BCUT2D eigenvalue weighted by molar-refractivity contribution is 0.171. The number of aliphatic hydroxyl groups is 1. The molecule has 3 aromatic heterocycles. The van der Waals surface area contributed by atoms with E-state index in [0.29, 0.717) is 34.6 Å². The molecule has 12 heteroatoms. The van der Waals surface area contributed by atoms with Crippen molar-refractivity contribution in [3.63, 3.8) is 0 Å². The van der Waals surface area contributed by atoms with Gasteiger partial charge < -0.3 is 23.4 Å². The van der Waals surface area contributed by atoms with Crippen molar-refractivity contribution in [2.24, 2.45) is 0 Å². The van der Waals surface area contributed by atoms with E-state index in [4.69, 9.17) is 18.3 Å². The third-order valence-corrected chi connectivity index (χ3v) is 7.65. The zero-order chi connectivity index (χ0) is 25.3. The van der Waals surface area contributed by atoms with Gasteiger partial charge in [-0.3, -0.25) is 4.57 Å². The molecule has 0 aliphatic rings. The maximum absolute atomic E-state index is 13.4. The summed E-state index contributed by atoms with van der Waals surface area (Å²) < 4.78 is 50.3. The molecule has 4 aromatic rings. The Balaban J connectivity index is 1.83. The van der Waals surface area contributed by atoms with Gasteiger partial charge in [0.15, 0.2) is 27.3 Å². The van der Waals surface area contributed by atoms with Crippen molar-refractivity contribution in [3.8, 4) is 28.8 Å². The molecule has 0 saturated carbocycles. The van der Waals surface area contributed by atoms with Crippen LogP contribution in [0.25, 0.3) is 17.3 Å². The van der Waals surface area contributed by atoms with Gasteiger partial charge in [0.05, 0.1) is 19.5 Å². The Kier molecular flexibility index (Phi) is 6.68. The number of rotatable bonds is 9. The Labute approximate surface area is 202 Å². The summed E-state index contributed by atoms with van der Waals surface area (Å²) in [5.74, 6) is 2.02. The predicted molar refractivity (Wildman–Crippen MR) is 125 cm³/mol. The number of para-hydroxylation sites is 1. The smallest absolute Gasteiger partial charge is 0.204 e. The number of hydrogen-bond donors (Lipinski definition) is 1. The summed E-state index contributed by atoms with van der Waals surface area (Å²) in [6.45, 7) is 4.80. The first kappa shape index (κ1) is 24.5. The van der Waals surface area contributed by atoms with Crippen LogP contribution in [0.4, 0.5) is 0 Å². The molecule has 0 aliphatic carbocycles. The van der Waals surface area contributed by atoms with Crippen molar-refractivity contribution < 1.29 is 31.8 Å². The highest BCUT2D eigenvalue weighted by Gasteiger charge is 2.34. The summed E-state index contributed by atoms with van der Waals surface area (Å²) in [7, 11) is -0.964. The number of aromatic nitrogens is 4. The largest absolute Gasteiger partial charge is 0.494 e. The molecule has 186 valence electrons. The van der Waals surface area contributed by atoms with E-state index in [9.17, 15) is 13.5 Å². The SMILES string of the molecule is COc1cccc(OC)c1-n1c(CS(=O)(=O)[C@H](C)[C@H](O)c2coc(C)n2)nnc1-c1ccc(C)o1. The number of methoxy groups -OCH3 is 2. The highest BCUT2D eigenvalue weighted by atomic mass is 32.2. The van der Waals surface area contributed by atoms with Crippen LogP contribution in [-0.4, -0.2) is 52.7 Å². The second kappa shape index (κ2) is 9.55. The van der Waals surface area contributed by atoms with Crippen molar-refractivity contribution in [2.45, 2.75) is 37.9 Å². The van der Waals surface area contributed by atoms with Crippen molar-refractivity contribution in [1.82, 2.24) is 19.7 Å². The summed E-state index contributed by atoms with van der Waals surface area (Å²) in [6, 6.07) is 8.66. The summed E-state index contributed by atoms with van der Waals surface area (Å²) in [6.07, 6.45) is -0.146. The number of hydrogen-bond acceptors (Lipinski definition) is 10. The van der Waals surface area contributed by atoms with Crippen LogP contribution in [0.5, 0.6) is 11.5 Å². The lowest BCUT2D eigenvalue weighted by atomic mass is 10.2. The van der Waals surface area contributed by atoms with E-state index < -0.39 is 26.9 Å². The number of ether oxygens (including phenoxy) is 2.